The molecule has 8 heteroatoms. The number of anilines is 1. The van der Waals surface area contributed by atoms with Crippen molar-refractivity contribution in [3.8, 4) is 0 Å². The van der Waals surface area contributed by atoms with E-state index in [0.29, 0.717) is 56.7 Å². The van der Waals surface area contributed by atoms with Gasteiger partial charge in [0.05, 0.1) is 25.3 Å². The van der Waals surface area contributed by atoms with Crippen LogP contribution in [0, 0.1) is 5.92 Å². The molecule has 8 nitrogen and oxygen atoms in total. The number of nitrogens with zero attached hydrogens (tertiary/aromatic N) is 3. The number of ether oxygens (including phenoxy) is 1. The molecule has 0 aliphatic carbocycles. The topological polar surface area (TPSA) is 86.8 Å². The van der Waals surface area contributed by atoms with Crippen molar-refractivity contribution >= 4 is 17.6 Å². The molecule has 0 unspecified atom stereocenters. The number of morpholine rings is 1. The van der Waals surface area contributed by atoms with Gasteiger partial charge in [-0.2, -0.15) is 0 Å². The lowest BCUT2D eigenvalue weighted by Gasteiger charge is -2.32. The molecular weight excluding hydrogens is 346 g/mol. The maximum Gasteiger partial charge on any atom is 0.257 e. The summed E-state index contributed by atoms with van der Waals surface area (Å²) in [5, 5.41) is 6.02. The van der Waals surface area contributed by atoms with E-state index in [2.05, 4.69) is 20.5 Å². The molecule has 3 heterocycles. The summed E-state index contributed by atoms with van der Waals surface area (Å²) in [4.78, 5) is 33.0. The molecule has 2 aliphatic heterocycles. The Kier molecular flexibility index (Phi) is 7.00. The number of aromatic nitrogens is 1. The van der Waals surface area contributed by atoms with E-state index in [4.69, 9.17) is 4.74 Å². The lowest BCUT2D eigenvalue weighted by Crippen LogP contribution is -2.45. The Morgan fingerprint density at radius 3 is 2.67 bits per heavy atom. The third kappa shape index (κ3) is 5.40. The average Bonchev–Trinajstić information content (AvgIpc) is 2.73. The fourth-order valence-corrected chi connectivity index (χ4v) is 3.56. The number of piperidine rings is 1. The number of hydrogen-bond donors (Lipinski definition) is 2. The molecule has 1 aromatic heterocycles. The molecule has 27 heavy (non-hydrogen) atoms. The van der Waals surface area contributed by atoms with Gasteiger partial charge in [0.1, 0.15) is 5.82 Å². The van der Waals surface area contributed by atoms with E-state index in [1.54, 1.807) is 25.4 Å². The maximum absolute atomic E-state index is 12.7. The van der Waals surface area contributed by atoms with Crippen molar-refractivity contribution in [2.24, 2.45) is 5.92 Å². The van der Waals surface area contributed by atoms with Crippen molar-refractivity contribution < 1.29 is 14.3 Å². The van der Waals surface area contributed by atoms with Gasteiger partial charge in [0.25, 0.3) is 5.91 Å². The Hall–Kier alpha value is -2.19. The number of hydrogen-bond acceptors (Lipinski definition) is 6. The molecule has 0 saturated carbocycles. The van der Waals surface area contributed by atoms with Gasteiger partial charge in [0, 0.05) is 46.0 Å². The first-order chi connectivity index (χ1) is 13.2. The highest BCUT2D eigenvalue weighted by Gasteiger charge is 2.25. The second-order valence-corrected chi connectivity index (χ2v) is 7.08. The van der Waals surface area contributed by atoms with E-state index in [1.807, 2.05) is 4.90 Å². The van der Waals surface area contributed by atoms with E-state index in [0.717, 1.165) is 25.9 Å². The van der Waals surface area contributed by atoms with E-state index in [-0.39, 0.29) is 11.8 Å². The summed E-state index contributed by atoms with van der Waals surface area (Å²) in [6.07, 6.45) is 3.48. The van der Waals surface area contributed by atoms with Crippen molar-refractivity contribution in [3.05, 3.63) is 23.9 Å². The van der Waals surface area contributed by atoms with Gasteiger partial charge in [-0.1, -0.05) is 0 Å². The van der Waals surface area contributed by atoms with Crippen LogP contribution in [0.5, 0.6) is 0 Å². The van der Waals surface area contributed by atoms with Crippen LogP contribution in [0.1, 0.15) is 23.2 Å². The first kappa shape index (κ1) is 19.6. The van der Waals surface area contributed by atoms with Crippen molar-refractivity contribution in [1.29, 1.82) is 0 Å². The van der Waals surface area contributed by atoms with Crippen LogP contribution in [-0.4, -0.2) is 86.1 Å². The molecule has 3 rings (SSSR count). The van der Waals surface area contributed by atoms with Crippen LogP contribution in [-0.2, 0) is 9.53 Å². The monoisotopic (exact) mass is 375 g/mol. The van der Waals surface area contributed by atoms with Crippen LogP contribution < -0.4 is 10.6 Å². The highest BCUT2D eigenvalue weighted by atomic mass is 16.5. The maximum atomic E-state index is 12.7. The SMILES string of the molecule is CNc1ncccc1C(=O)N1CCC(CNC(=O)CN2CCOCC2)CC1. The number of likely N-dealkylation sites (tertiary alicyclic amines) is 1. The van der Waals surface area contributed by atoms with Gasteiger partial charge >= 0.3 is 0 Å². The molecule has 2 amide bonds. The Morgan fingerprint density at radius 1 is 1.22 bits per heavy atom. The van der Waals surface area contributed by atoms with Crippen molar-refractivity contribution in [3.63, 3.8) is 0 Å². The van der Waals surface area contributed by atoms with Crippen molar-refractivity contribution in [2.75, 3.05) is 64.8 Å². The van der Waals surface area contributed by atoms with Gasteiger partial charge < -0.3 is 20.3 Å². The number of nitrogens with one attached hydrogen (secondary N) is 2. The van der Waals surface area contributed by atoms with Gasteiger partial charge in [0.15, 0.2) is 0 Å². The Labute approximate surface area is 160 Å². The smallest absolute Gasteiger partial charge is 0.257 e. The molecule has 1 aromatic rings. The second-order valence-electron chi connectivity index (χ2n) is 7.08. The third-order valence-electron chi connectivity index (χ3n) is 5.24. The first-order valence-electron chi connectivity index (χ1n) is 9.66. The molecule has 2 fully saturated rings. The summed E-state index contributed by atoms with van der Waals surface area (Å²) in [7, 11) is 1.77. The second kappa shape index (κ2) is 9.66. The summed E-state index contributed by atoms with van der Waals surface area (Å²) in [5.41, 5.74) is 0.609. The molecule has 0 atom stereocenters. The molecule has 0 spiro atoms. The largest absolute Gasteiger partial charge is 0.379 e. The molecule has 0 radical (unpaired) electrons. The number of pyridine rings is 1. The fraction of sp³-hybridized carbons (Fsp3) is 0.632. The fourth-order valence-electron chi connectivity index (χ4n) is 3.56. The normalized spacial score (nSPS) is 18.9. The highest BCUT2D eigenvalue weighted by molar-refractivity contribution is 5.98. The molecule has 0 aromatic carbocycles. The lowest BCUT2D eigenvalue weighted by atomic mass is 9.96. The van der Waals surface area contributed by atoms with E-state index in [9.17, 15) is 9.59 Å². The quantitative estimate of drug-likeness (QED) is 0.750. The van der Waals surface area contributed by atoms with Gasteiger partial charge in [-0.15, -0.1) is 0 Å². The highest BCUT2D eigenvalue weighted by Crippen LogP contribution is 2.20. The molecule has 0 bridgehead atoms. The van der Waals surface area contributed by atoms with Crippen LogP contribution in [0.3, 0.4) is 0 Å². The van der Waals surface area contributed by atoms with Crippen molar-refractivity contribution in [2.45, 2.75) is 12.8 Å². The average molecular weight is 375 g/mol. The molecule has 2 N–H and O–H groups in total. The standard InChI is InChI=1S/C19H29N5O3/c1-20-18-16(3-2-6-21-18)19(26)24-7-4-15(5-8-24)13-22-17(25)14-23-9-11-27-12-10-23/h2-3,6,15H,4-5,7-14H2,1H3,(H,20,21)(H,22,25). The Balaban J connectivity index is 1.41. The number of carbonyl (C=O) groups excluding carboxylic acids is 2. The predicted molar refractivity (Wildman–Crippen MR) is 103 cm³/mol. The predicted octanol–water partition coefficient (Wildman–Crippen LogP) is 0.424. The summed E-state index contributed by atoms with van der Waals surface area (Å²) in [6.45, 7) is 5.57. The Bertz CT molecular complexity index is 640. The number of carbonyl (C=O) groups is 2. The zero-order valence-electron chi connectivity index (χ0n) is 15.9. The molecule has 2 saturated heterocycles. The zero-order chi connectivity index (χ0) is 19.1. The number of amides is 2. The molecule has 2 aliphatic rings. The summed E-state index contributed by atoms with van der Waals surface area (Å²) in [6, 6.07) is 3.59. The first-order valence-corrected chi connectivity index (χ1v) is 9.66. The summed E-state index contributed by atoms with van der Waals surface area (Å²) < 4.78 is 5.30. The van der Waals surface area contributed by atoms with Gasteiger partial charge in [-0.05, 0) is 30.9 Å². The van der Waals surface area contributed by atoms with E-state index < -0.39 is 0 Å². The minimum atomic E-state index is 0.0160. The van der Waals surface area contributed by atoms with Crippen LogP contribution >= 0.6 is 0 Å². The lowest BCUT2D eigenvalue weighted by molar-refractivity contribution is -0.123. The molecular formula is C19H29N5O3. The van der Waals surface area contributed by atoms with Crippen LogP contribution in [0.4, 0.5) is 5.82 Å². The number of rotatable bonds is 6. The van der Waals surface area contributed by atoms with Gasteiger partial charge in [0.2, 0.25) is 5.91 Å². The van der Waals surface area contributed by atoms with Gasteiger partial charge in [-0.25, -0.2) is 4.98 Å². The molecule has 148 valence electrons. The minimum Gasteiger partial charge on any atom is -0.379 e. The summed E-state index contributed by atoms with van der Waals surface area (Å²) >= 11 is 0. The minimum absolute atomic E-state index is 0.0160. The van der Waals surface area contributed by atoms with Gasteiger partial charge in [-0.3, -0.25) is 14.5 Å². The van der Waals surface area contributed by atoms with Crippen molar-refractivity contribution in [1.82, 2.24) is 20.1 Å². The third-order valence-corrected chi connectivity index (χ3v) is 5.24. The zero-order valence-corrected chi connectivity index (χ0v) is 15.9. The van der Waals surface area contributed by atoms with Crippen LogP contribution in [0.25, 0.3) is 0 Å². The van der Waals surface area contributed by atoms with Crippen LogP contribution in [0.15, 0.2) is 18.3 Å². The van der Waals surface area contributed by atoms with Crippen LogP contribution in [0.2, 0.25) is 0 Å². The Morgan fingerprint density at radius 2 is 1.96 bits per heavy atom. The van der Waals surface area contributed by atoms with E-state index >= 15 is 0 Å². The van der Waals surface area contributed by atoms with E-state index in [1.165, 1.54) is 0 Å². The summed E-state index contributed by atoms with van der Waals surface area (Å²) in [5.74, 6) is 1.12.